The molecule has 0 radical (unpaired) electrons. The van der Waals surface area contributed by atoms with Crippen LogP contribution < -0.4 is 0 Å². The first kappa shape index (κ1) is 5.28. The average Bonchev–Trinajstić information content (AvgIpc) is 2.22. The van der Waals surface area contributed by atoms with E-state index in [1.54, 1.807) is 0 Å². The molecule has 9 heavy (non-hydrogen) atoms. The van der Waals surface area contributed by atoms with E-state index in [0.29, 0.717) is 5.41 Å². The SMILES string of the molecule is CC12C=CCC1C=CC2. The third-order valence-corrected chi connectivity index (χ3v) is 2.66. The molecule has 0 saturated heterocycles. The van der Waals surface area contributed by atoms with Crippen molar-refractivity contribution >= 4 is 0 Å². The van der Waals surface area contributed by atoms with Crippen LogP contribution in [0.3, 0.4) is 0 Å². The fraction of sp³-hybridized carbons (Fsp3) is 0.556. The van der Waals surface area contributed by atoms with Gasteiger partial charge in [-0.25, -0.2) is 0 Å². The van der Waals surface area contributed by atoms with E-state index in [1.807, 2.05) is 0 Å². The van der Waals surface area contributed by atoms with Crippen LogP contribution in [0.2, 0.25) is 0 Å². The van der Waals surface area contributed by atoms with Crippen molar-refractivity contribution in [1.29, 1.82) is 0 Å². The van der Waals surface area contributed by atoms with Gasteiger partial charge in [0.15, 0.2) is 0 Å². The van der Waals surface area contributed by atoms with Crippen molar-refractivity contribution in [2.45, 2.75) is 19.8 Å². The lowest BCUT2D eigenvalue weighted by Crippen LogP contribution is -2.13. The topological polar surface area (TPSA) is 0 Å². The Balaban J connectivity index is 2.31. The molecule has 2 aliphatic rings. The Kier molecular flexibility index (Phi) is 0.879. The van der Waals surface area contributed by atoms with Crippen molar-refractivity contribution in [2.75, 3.05) is 0 Å². The molecule has 0 nitrogen and oxygen atoms in total. The molecule has 0 N–H and O–H groups in total. The number of fused-ring (bicyclic) bond motifs is 1. The molecule has 0 heterocycles. The summed E-state index contributed by atoms with van der Waals surface area (Å²) in [6.07, 6.45) is 11.9. The minimum absolute atomic E-state index is 0.514. The maximum absolute atomic E-state index is 2.37. The monoisotopic (exact) mass is 120 g/mol. The molecule has 0 aliphatic heterocycles. The van der Waals surface area contributed by atoms with Crippen LogP contribution in [0.4, 0.5) is 0 Å². The lowest BCUT2D eigenvalue weighted by Gasteiger charge is -2.21. The van der Waals surface area contributed by atoms with Crippen molar-refractivity contribution in [3.8, 4) is 0 Å². The summed E-state index contributed by atoms with van der Waals surface area (Å²) in [4.78, 5) is 0. The van der Waals surface area contributed by atoms with Gasteiger partial charge in [0.25, 0.3) is 0 Å². The van der Waals surface area contributed by atoms with E-state index >= 15 is 0 Å². The zero-order chi connectivity index (χ0) is 6.32. The molecule has 0 spiro atoms. The Hall–Kier alpha value is -0.520. The molecule has 0 bridgehead atoms. The van der Waals surface area contributed by atoms with Crippen LogP contribution in [0.25, 0.3) is 0 Å². The first-order chi connectivity index (χ1) is 4.31. The van der Waals surface area contributed by atoms with Crippen molar-refractivity contribution < 1.29 is 0 Å². The predicted octanol–water partition coefficient (Wildman–Crippen LogP) is 2.53. The van der Waals surface area contributed by atoms with Gasteiger partial charge in [-0.15, -0.1) is 0 Å². The lowest BCUT2D eigenvalue weighted by atomic mass is 9.83. The fourth-order valence-electron chi connectivity index (χ4n) is 1.88. The number of hydrogen-bond donors (Lipinski definition) is 0. The summed E-state index contributed by atoms with van der Waals surface area (Å²) in [6.45, 7) is 2.35. The summed E-state index contributed by atoms with van der Waals surface area (Å²) in [5, 5.41) is 0. The van der Waals surface area contributed by atoms with Gasteiger partial charge in [-0.2, -0.15) is 0 Å². The molecule has 2 rings (SSSR count). The van der Waals surface area contributed by atoms with E-state index in [4.69, 9.17) is 0 Å². The van der Waals surface area contributed by atoms with Crippen molar-refractivity contribution in [3.63, 3.8) is 0 Å². The summed E-state index contributed by atoms with van der Waals surface area (Å²) < 4.78 is 0. The van der Waals surface area contributed by atoms with E-state index in [-0.39, 0.29) is 0 Å². The Morgan fingerprint density at radius 3 is 3.11 bits per heavy atom. The molecular weight excluding hydrogens is 108 g/mol. The van der Waals surface area contributed by atoms with Crippen LogP contribution in [0.5, 0.6) is 0 Å². The molecule has 0 aromatic rings. The first-order valence-electron chi connectivity index (χ1n) is 3.66. The standard InChI is InChI=1S/C9H12/c1-9-6-2-4-8(9)5-3-7-9/h2-4,7-8H,5-6H2,1H3. The molecule has 48 valence electrons. The van der Waals surface area contributed by atoms with Gasteiger partial charge in [-0.1, -0.05) is 31.2 Å². The van der Waals surface area contributed by atoms with E-state index in [0.717, 1.165) is 5.92 Å². The summed E-state index contributed by atoms with van der Waals surface area (Å²) in [5.41, 5.74) is 0.514. The van der Waals surface area contributed by atoms with Crippen molar-refractivity contribution in [1.82, 2.24) is 0 Å². The number of rotatable bonds is 0. The Bertz CT molecular complexity index is 176. The Morgan fingerprint density at radius 2 is 2.33 bits per heavy atom. The predicted molar refractivity (Wildman–Crippen MR) is 39.1 cm³/mol. The Labute approximate surface area is 56.3 Å². The Morgan fingerprint density at radius 1 is 1.44 bits per heavy atom. The highest BCUT2D eigenvalue weighted by atomic mass is 14.4. The zero-order valence-corrected chi connectivity index (χ0v) is 5.80. The third kappa shape index (κ3) is 0.592. The quantitative estimate of drug-likeness (QED) is 0.431. The second-order valence-corrected chi connectivity index (χ2v) is 3.38. The average molecular weight is 120 g/mol. The van der Waals surface area contributed by atoms with E-state index in [9.17, 15) is 0 Å². The summed E-state index contributed by atoms with van der Waals surface area (Å²) in [7, 11) is 0. The molecule has 0 fully saturated rings. The zero-order valence-electron chi connectivity index (χ0n) is 5.80. The summed E-state index contributed by atoms with van der Waals surface area (Å²) in [5.74, 6) is 0.831. The van der Waals surface area contributed by atoms with Crippen LogP contribution in [0.1, 0.15) is 19.8 Å². The highest BCUT2D eigenvalue weighted by molar-refractivity contribution is 5.21. The molecule has 0 saturated carbocycles. The van der Waals surface area contributed by atoms with Gasteiger partial charge in [0.2, 0.25) is 0 Å². The normalized spacial score (nSPS) is 46.1. The highest BCUT2D eigenvalue weighted by Crippen LogP contribution is 2.45. The van der Waals surface area contributed by atoms with E-state index < -0.39 is 0 Å². The maximum Gasteiger partial charge on any atom is -0.00464 e. The molecule has 0 aromatic carbocycles. The van der Waals surface area contributed by atoms with Gasteiger partial charge in [-0.3, -0.25) is 0 Å². The third-order valence-electron chi connectivity index (χ3n) is 2.66. The van der Waals surface area contributed by atoms with E-state index in [2.05, 4.69) is 31.2 Å². The van der Waals surface area contributed by atoms with Crippen LogP contribution in [-0.4, -0.2) is 0 Å². The molecule has 0 amide bonds. The van der Waals surface area contributed by atoms with Crippen LogP contribution in [0.15, 0.2) is 24.3 Å². The van der Waals surface area contributed by atoms with Crippen LogP contribution in [0, 0.1) is 11.3 Å². The summed E-state index contributed by atoms with van der Waals surface area (Å²) in [6, 6.07) is 0. The fourth-order valence-corrected chi connectivity index (χ4v) is 1.88. The van der Waals surface area contributed by atoms with Gasteiger partial charge in [0.05, 0.1) is 0 Å². The number of hydrogen-bond acceptors (Lipinski definition) is 0. The number of allylic oxidation sites excluding steroid dienone is 4. The van der Waals surface area contributed by atoms with E-state index in [1.165, 1.54) is 12.8 Å². The lowest BCUT2D eigenvalue weighted by molar-refractivity contribution is 0.364. The second kappa shape index (κ2) is 1.50. The van der Waals surface area contributed by atoms with Crippen molar-refractivity contribution in [3.05, 3.63) is 24.3 Å². The minimum Gasteiger partial charge on any atom is -0.0873 e. The molecule has 0 aromatic heterocycles. The molecule has 0 heteroatoms. The molecular formula is C9H12. The van der Waals surface area contributed by atoms with Crippen LogP contribution >= 0.6 is 0 Å². The van der Waals surface area contributed by atoms with Gasteiger partial charge in [0, 0.05) is 0 Å². The first-order valence-corrected chi connectivity index (χ1v) is 3.66. The molecule has 2 atom stereocenters. The molecule has 2 unspecified atom stereocenters. The van der Waals surface area contributed by atoms with Crippen molar-refractivity contribution in [2.24, 2.45) is 11.3 Å². The second-order valence-electron chi connectivity index (χ2n) is 3.38. The largest absolute Gasteiger partial charge is 0.0873 e. The van der Waals surface area contributed by atoms with Gasteiger partial charge in [-0.05, 0) is 24.2 Å². The van der Waals surface area contributed by atoms with Gasteiger partial charge < -0.3 is 0 Å². The maximum atomic E-state index is 2.37. The highest BCUT2D eigenvalue weighted by Gasteiger charge is 2.34. The van der Waals surface area contributed by atoms with Crippen LogP contribution in [-0.2, 0) is 0 Å². The minimum atomic E-state index is 0.514. The van der Waals surface area contributed by atoms with Gasteiger partial charge in [0.1, 0.15) is 0 Å². The van der Waals surface area contributed by atoms with Gasteiger partial charge >= 0.3 is 0 Å². The molecule has 2 aliphatic carbocycles. The summed E-state index contributed by atoms with van der Waals surface area (Å²) >= 11 is 0. The smallest absolute Gasteiger partial charge is 0.00464 e.